The van der Waals surface area contributed by atoms with Crippen LogP contribution in [0.2, 0.25) is 0 Å². The molecule has 170 valence electrons. The number of rotatable bonds is 6. The Hall–Kier alpha value is -2.71. The van der Waals surface area contributed by atoms with Crippen LogP contribution in [-0.2, 0) is 14.3 Å². The molecule has 32 heavy (non-hydrogen) atoms. The predicted molar refractivity (Wildman–Crippen MR) is 119 cm³/mol. The van der Waals surface area contributed by atoms with Gasteiger partial charge in [0.25, 0.3) is 0 Å². The molecule has 3 heterocycles. The molecule has 4 atom stereocenters. The van der Waals surface area contributed by atoms with Crippen LogP contribution in [0.1, 0.15) is 32.1 Å². The van der Waals surface area contributed by atoms with Crippen molar-refractivity contribution < 1.29 is 19.0 Å². The number of aromatic nitrogens is 2. The number of carbonyl (C=O) groups is 1. The molecule has 1 aliphatic carbocycles. The van der Waals surface area contributed by atoms with Crippen molar-refractivity contribution in [2.75, 3.05) is 25.6 Å². The van der Waals surface area contributed by atoms with Gasteiger partial charge in [0, 0.05) is 17.7 Å². The van der Waals surface area contributed by atoms with Crippen LogP contribution in [0, 0.1) is 5.92 Å². The van der Waals surface area contributed by atoms with Crippen molar-refractivity contribution in [3.05, 3.63) is 36.5 Å². The normalized spacial score (nSPS) is 27.7. The number of hydrogen-bond acceptors (Lipinski definition) is 7. The standard InChI is InChI=1S/C24H30N4O4/c1-30-17-9-7-15(8-10-17)18-11-12-25-24(27-18)28-20-14-32-21-19(13-31-22(20)21)26-23(29)16-5-3-2-4-6-16/h7-12,16,19-22H,2-6,13-14H2,1H3,(H,26,29)(H,25,27,28). The first-order valence-electron chi connectivity index (χ1n) is 11.5. The number of amides is 1. The third kappa shape index (κ3) is 4.42. The molecule has 0 spiro atoms. The largest absolute Gasteiger partial charge is 0.497 e. The van der Waals surface area contributed by atoms with E-state index in [4.69, 9.17) is 14.2 Å². The monoisotopic (exact) mass is 438 g/mol. The van der Waals surface area contributed by atoms with Crippen molar-refractivity contribution in [2.45, 2.75) is 56.4 Å². The fraction of sp³-hybridized carbons (Fsp3) is 0.542. The van der Waals surface area contributed by atoms with Gasteiger partial charge in [-0.15, -0.1) is 0 Å². The van der Waals surface area contributed by atoms with Crippen LogP contribution in [-0.4, -0.2) is 60.5 Å². The van der Waals surface area contributed by atoms with Crippen LogP contribution < -0.4 is 15.4 Å². The second-order valence-corrected chi connectivity index (χ2v) is 8.79. The molecule has 2 N–H and O–H groups in total. The molecule has 1 amide bonds. The van der Waals surface area contributed by atoms with Crippen LogP contribution in [0.5, 0.6) is 5.75 Å². The molecular formula is C24H30N4O4. The average Bonchev–Trinajstić information content (AvgIpc) is 3.43. The first-order chi connectivity index (χ1) is 15.7. The summed E-state index contributed by atoms with van der Waals surface area (Å²) < 4.78 is 17.3. The lowest BCUT2D eigenvalue weighted by Gasteiger charge is -2.24. The highest BCUT2D eigenvalue weighted by Crippen LogP contribution is 2.30. The lowest BCUT2D eigenvalue weighted by Crippen LogP contribution is -2.47. The molecule has 0 radical (unpaired) electrons. The summed E-state index contributed by atoms with van der Waals surface area (Å²) in [5.41, 5.74) is 1.81. The van der Waals surface area contributed by atoms with Gasteiger partial charge >= 0.3 is 0 Å². The summed E-state index contributed by atoms with van der Waals surface area (Å²) in [5.74, 6) is 1.62. The van der Waals surface area contributed by atoms with Gasteiger partial charge in [-0.05, 0) is 43.2 Å². The van der Waals surface area contributed by atoms with E-state index in [1.54, 1.807) is 13.3 Å². The zero-order valence-electron chi connectivity index (χ0n) is 18.3. The molecule has 3 aliphatic rings. The molecule has 3 fully saturated rings. The van der Waals surface area contributed by atoms with Crippen molar-refractivity contribution >= 4 is 11.9 Å². The minimum atomic E-state index is -0.148. The van der Waals surface area contributed by atoms with Gasteiger partial charge in [0.2, 0.25) is 11.9 Å². The van der Waals surface area contributed by atoms with Crippen LogP contribution in [0.25, 0.3) is 11.3 Å². The number of nitrogens with zero attached hydrogens (tertiary/aromatic N) is 2. The van der Waals surface area contributed by atoms with Gasteiger partial charge < -0.3 is 24.8 Å². The number of anilines is 1. The Morgan fingerprint density at radius 2 is 1.72 bits per heavy atom. The van der Waals surface area contributed by atoms with Crippen LogP contribution in [0.15, 0.2) is 36.5 Å². The molecule has 4 unspecified atom stereocenters. The third-order valence-electron chi connectivity index (χ3n) is 6.71. The van der Waals surface area contributed by atoms with Crippen LogP contribution in [0.3, 0.4) is 0 Å². The van der Waals surface area contributed by atoms with E-state index in [1.165, 1.54) is 6.42 Å². The van der Waals surface area contributed by atoms with E-state index in [1.807, 2.05) is 30.3 Å². The summed E-state index contributed by atoms with van der Waals surface area (Å²) in [6, 6.07) is 9.47. The number of benzene rings is 1. The van der Waals surface area contributed by atoms with Gasteiger partial charge in [0.05, 0.1) is 38.1 Å². The van der Waals surface area contributed by atoms with Gasteiger partial charge in [-0.2, -0.15) is 0 Å². The van der Waals surface area contributed by atoms with E-state index in [-0.39, 0.29) is 36.1 Å². The fourth-order valence-electron chi connectivity index (χ4n) is 4.93. The minimum absolute atomic E-state index is 0.0669. The second kappa shape index (κ2) is 9.42. The number of nitrogens with one attached hydrogen (secondary N) is 2. The van der Waals surface area contributed by atoms with Crippen LogP contribution in [0.4, 0.5) is 5.95 Å². The molecule has 1 aromatic heterocycles. The summed E-state index contributed by atoms with van der Waals surface area (Å²) in [4.78, 5) is 21.7. The van der Waals surface area contributed by atoms with Gasteiger partial charge in [-0.25, -0.2) is 9.97 Å². The first-order valence-corrected chi connectivity index (χ1v) is 11.5. The van der Waals surface area contributed by atoms with Crippen molar-refractivity contribution in [1.29, 1.82) is 0 Å². The highest BCUT2D eigenvalue weighted by molar-refractivity contribution is 5.79. The number of methoxy groups -OCH3 is 1. The summed E-state index contributed by atoms with van der Waals surface area (Å²) in [7, 11) is 1.65. The Labute approximate surface area is 188 Å². The van der Waals surface area contributed by atoms with Crippen molar-refractivity contribution in [2.24, 2.45) is 5.92 Å². The topological polar surface area (TPSA) is 94.6 Å². The number of ether oxygens (including phenoxy) is 3. The average molecular weight is 439 g/mol. The Kier molecular flexibility index (Phi) is 6.23. The Morgan fingerprint density at radius 3 is 2.47 bits per heavy atom. The summed E-state index contributed by atoms with van der Waals surface area (Å²) in [6.07, 6.45) is 6.95. The van der Waals surface area contributed by atoms with Crippen molar-refractivity contribution in [3.8, 4) is 17.0 Å². The van der Waals surface area contributed by atoms with Crippen molar-refractivity contribution in [1.82, 2.24) is 15.3 Å². The zero-order chi connectivity index (χ0) is 21.9. The lowest BCUT2D eigenvalue weighted by atomic mass is 9.88. The highest BCUT2D eigenvalue weighted by Gasteiger charge is 2.48. The molecule has 0 bridgehead atoms. The SMILES string of the molecule is COc1ccc(-c2ccnc(NC3COC4C(NC(=O)C5CCCCC5)COC34)n2)cc1. The zero-order valence-corrected chi connectivity index (χ0v) is 18.3. The molecule has 8 heteroatoms. The van der Waals surface area contributed by atoms with Gasteiger partial charge in [-0.3, -0.25) is 4.79 Å². The Bertz CT molecular complexity index is 932. The van der Waals surface area contributed by atoms with Gasteiger partial charge in [0.15, 0.2) is 0 Å². The van der Waals surface area contributed by atoms with Gasteiger partial charge in [0.1, 0.15) is 18.0 Å². The predicted octanol–water partition coefficient (Wildman–Crippen LogP) is 2.80. The van der Waals surface area contributed by atoms with E-state index < -0.39 is 0 Å². The Balaban J connectivity index is 1.20. The van der Waals surface area contributed by atoms with Crippen molar-refractivity contribution in [3.63, 3.8) is 0 Å². The Morgan fingerprint density at radius 1 is 1.00 bits per heavy atom. The third-order valence-corrected chi connectivity index (χ3v) is 6.71. The van der Waals surface area contributed by atoms with Gasteiger partial charge in [-0.1, -0.05) is 19.3 Å². The van der Waals surface area contributed by atoms with Crippen LogP contribution >= 0.6 is 0 Å². The quantitative estimate of drug-likeness (QED) is 0.716. The van der Waals surface area contributed by atoms with E-state index in [0.29, 0.717) is 19.2 Å². The smallest absolute Gasteiger partial charge is 0.223 e. The lowest BCUT2D eigenvalue weighted by molar-refractivity contribution is -0.127. The molecule has 8 nitrogen and oxygen atoms in total. The number of carbonyl (C=O) groups excluding carboxylic acids is 1. The molecule has 2 aliphatic heterocycles. The molecule has 5 rings (SSSR count). The highest BCUT2D eigenvalue weighted by atomic mass is 16.6. The summed E-state index contributed by atoms with van der Waals surface area (Å²) in [6.45, 7) is 0.958. The molecule has 2 aromatic rings. The maximum atomic E-state index is 12.7. The molecule has 2 saturated heterocycles. The maximum absolute atomic E-state index is 12.7. The number of fused-ring (bicyclic) bond motifs is 1. The maximum Gasteiger partial charge on any atom is 0.223 e. The minimum Gasteiger partial charge on any atom is -0.497 e. The molecule has 1 aromatic carbocycles. The molecular weight excluding hydrogens is 408 g/mol. The first kappa shape index (κ1) is 21.2. The fourth-order valence-corrected chi connectivity index (χ4v) is 4.93. The van der Waals surface area contributed by atoms with E-state index >= 15 is 0 Å². The van der Waals surface area contributed by atoms with E-state index in [2.05, 4.69) is 20.6 Å². The molecule has 1 saturated carbocycles. The summed E-state index contributed by atoms with van der Waals surface area (Å²) >= 11 is 0. The number of hydrogen-bond donors (Lipinski definition) is 2. The summed E-state index contributed by atoms with van der Waals surface area (Å²) in [5, 5.41) is 6.56. The second-order valence-electron chi connectivity index (χ2n) is 8.79. The van der Waals surface area contributed by atoms with E-state index in [9.17, 15) is 4.79 Å². The van der Waals surface area contributed by atoms with E-state index in [0.717, 1.165) is 42.7 Å².